The SMILES string of the molecule is CC(NC1CCN(C)CC1)c1c(F)cccc1F. The van der Waals surface area contributed by atoms with Crippen LogP contribution in [0.2, 0.25) is 0 Å². The van der Waals surface area contributed by atoms with E-state index in [1.807, 2.05) is 6.92 Å². The summed E-state index contributed by atoms with van der Waals surface area (Å²) < 4.78 is 27.3. The molecule has 1 unspecified atom stereocenters. The Kier molecular flexibility index (Phi) is 4.30. The van der Waals surface area contributed by atoms with Gasteiger partial charge < -0.3 is 10.2 Å². The molecule has 1 fully saturated rings. The van der Waals surface area contributed by atoms with Crippen LogP contribution in [-0.4, -0.2) is 31.1 Å². The summed E-state index contributed by atoms with van der Waals surface area (Å²) in [6, 6.07) is 4.07. The zero-order chi connectivity index (χ0) is 13.1. The normalized spacial score (nSPS) is 20.0. The zero-order valence-electron chi connectivity index (χ0n) is 10.9. The summed E-state index contributed by atoms with van der Waals surface area (Å²) in [5.74, 6) is -0.939. The lowest BCUT2D eigenvalue weighted by Gasteiger charge is -2.31. The highest BCUT2D eigenvalue weighted by molar-refractivity contribution is 5.22. The molecule has 1 aromatic carbocycles. The summed E-state index contributed by atoms with van der Waals surface area (Å²) in [6.07, 6.45) is 2.05. The van der Waals surface area contributed by atoms with Crippen molar-refractivity contribution in [1.82, 2.24) is 10.2 Å². The van der Waals surface area contributed by atoms with E-state index in [4.69, 9.17) is 0 Å². The van der Waals surface area contributed by atoms with Gasteiger partial charge in [-0.05, 0) is 52.0 Å². The Morgan fingerprint density at radius 1 is 1.22 bits per heavy atom. The van der Waals surface area contributed by atoms with Gasteiger partial charge in [0.05, 0.1) is 0 Å². The van der Waals surface area contributed by atoms with Gasteiger partial charge in [0.25, 0.3) is 0 Å². The second-order valence-corrected chi connectivity index (χ2v) is 5.10. The topological polar surface area (TPSA) is 15.3 Å². The number of rotatable bonds is 3. The summed E-state index contributed by atoms with van der Waals surface area (Å²) in [4.78, 5) is 2.27. The van der Waals surface area contributed by atoms with Crippen LogP contribution in [0.4, 0.5) is 8.78 Å². The first-order chi connectivity index (χ1) is 8.58. The molecule has 0 aliphatic carbocycles. The van der Waals surface area contributed by atoms with Crippen molar-refractivity contribution in [2.45, 2.75) is 31.8 Å². The largest absolute Gasteiger partial charge is 0.307 e. The molecule has 0 saturated carbocycles. The Labute approximate surface area is 107 Å². The van der Waals surface area contributed by atoms with Crippen molar-refractivity contribution in [1.29, 1.82) is 0 Å². The van der Waals surface area contributed by atoms with Crippen LogP contribution in [0.1, 0.15) is 31.4 Å². The Bertz CT molecular complexity index is 381. The maximum atomic E-state index is 13.6. The van der Waals surface area contributed by atoms with Gasteiger partial charge in [-0.1, -0.05) is 6.07 Å². The van der Waals surface area contributed by atoms with Crippen LogP contribution in [0.25, 0.3) is 0 Å². The predicted octanol–water partition coefficient (Wildman–Crippen LogP) is 2.71. The smallest absolute Gasteiger partial charge is 0.130 e. The van der Waals surface area contributed by atoms with Gasteiger partial charge in [0.15, 0.2) is 0 Å². The van der Waals surface area contributed by atoms with Crippen molar-refractivity contribution >= 4 is 0 Å². The summed E-state index contributed by atoms with van der Waals surface area (Å²) in [5, 5.41) is 3.33. The van der Waals surface area contributed by atoms with Crippen LogP contribution in [0.15, 0.2) is 18.2 Å². The molecule has 0 radical (unpaired) electrons. The van der Waals surface area contributed by atoms with Crippen LogP contribution in [0, 0.1) is 11.6 Å². The van der Waals surface area contributed by atoms with Crippen molar-refractivity contribution in [3.8, 4) is 0 Å². The van der Waals surface area contributed by atoms with Gasteiger partial charge in [-0.2, -0.15) is 0 Å². The molecule has 1 aliphatic heterocycles. The first-order valence-corrected chi connectivity index (χ1v) is 6.46. The van der Waals surface area contributed by atoms with Crippen molar-refractivity contribution < 1.29 is 8.78 Å². The second-order valence-electron chi connectivity index (χ2n) is 5.10. The van der Waals surface area contributed by atoms with E-state index in [-0.39, 0.29) is 11.6 Å². The van der Waals surface area contributed by atoms with Crippen LogP contribution in [0.3, 0.4) is 0 Å². The third-order valence-corrected chi connectivity index (χ3v) is 3.64. The predicted molar refractivity (Wildman–Crippen MR) is 68.4 cm³/mol. The maximum absolute atomic E-state index is 13.6. The Balaban J connectivity index is 2.01. The number of hydrogen-bond donors (Lipinski definition) is 1. The summed E-state index contributed by atoms with van der Waals surface area (Å²) >= 11 is 0. The molecule has 0 aromatic heterocycles. The van der Waals surface area contributed by atoms with Crippen molar-refractivity contribution in [3.05, 3.63) is 35.4 Å². The summed E-state index contributed by atoms with van der Waals surface area (Å²) in [5.41, 5.74) is 0.149. The van der Waals surface area contributed by atoms with E-state index in [1.54, 1.807) is 0 Å². The molecule has 1 aliphatic rings. The molecule has 2 nitrogen and oxygen atoms in total. The Hall–Kier alpha value is -1.00. The van der Waals surface area contributed by atoms with E-state index < -0.39 is 11.6 Å². The molecular formula is C14H20F2N2. The first kappa shape index (κ1) is 13.4. The standard InChI is InChI=1S/C14H20F2N2/c1-10(14-12(15)4-3-5-13(14)16)17-11-6-8-18(2)9-7-11/h3-5,10-11,17H,6-9H2,1-2H3. The molecule has 1 heterocycles. The van der Waals surface area contributed by atoms with Crippen LogP contribution >= 0.6 is 0 Å². The van der Waals surface area contributed by atoms with E-state index in [0.717, 1.165) is 25.9 Å². The van der Waals surface area contributed by atoms with Crippen LogP contribution in [0.5, 0.6) is 0 Å². The average Bonchev–Trinajstić information content (AvgIpc) is 2.32. The van der Waals surface area contributed by atoms with Gasteiger partial charge in [-0.3, -0.25) is 0 Å². The molecule has 1 aromatic rings. The highest BCUT2D eigenvalue weighted by Gasteiger charge is 2.21. The van der Waals surface area contributed by atoms with E-state index in [0.29, 0.717) is 6.04 Å². The van der Waals surface area contributed by atoms with Gasteiger partial charge in [-0.15, -0.1) is 0 Å². The fourth-order valence-electron chi connectivity index (χ4n) is 2.54. The number of nitrogens with zero attached hydrogens (tertiary/aromatic N) is 1. The lowest BCUT2D eigenvalue weighted by molar-refractivity contribution is 0.225. The molecule has 4 heteroatoms. The molecule has 1 saturated heterocycles. The number of likely N-dealkylation sites (tertiary alicyclic amines) is 1. The minimum atomic E-state index is -0.470. The monoisotopic (exact) mass is 254 g/mol. The van der Waals surface area contributed by atoms with Gasteiger partial charge in [0, 0.05) is 17.6 Å². The molecule has 100 valence electrons. The number of benzene rings is 1. The molecular weight excluding hydrogens is 234 g/mol. The number of nitrogens with one attached hydrogen (secondary N) is 1. The fraction of sp³-hybridized carbons (Fsp3) is 0.571. The van der Waals surface area contributed by atoms with Gasteiger partial charge >= 0.3 is 0 Å². The average molecular weight is 254 g/mol. The highest BCUT2D eigenvalue weighted by Crippen LogP contribution is 2.22. The third kappa shape index (κ3) is 3.06. The Morgan fingerprint density at radius 2 is 1.78 bits per heavy atom. The van der Waals surface area contributed by atoms with E-state index in [1.165, 1.54) is 18.2 Å². The Morgan fingerprint density at radius 3 is 2.33 bits per heavy atom. The molecule has 1 N–H and O–H groups in total. The molecule has 0 spiro atoms. The number of piperidine rings is 1. The van der Waals surface area contributed by atoms with Crippen molar-refractivity contribution in [3.63, 3.8) is 0 Å². The van der Waals surface area contributed by atoms with Crippen LogP contribution in [-0.2, 0) is 0 Å². The lowest BCUT2D eigenvalue weighted by Crippen LogP contribution is -2.42. The third-order valence-electron chi connectivity index (χ3n) is 3.64. The molecule has 0 bridgehead atoms. The fourth-order valence-corrected chi connectivity index (χ4v) is 2.54. The summed E-state index contributed by atoms with van der Waals surface area (Å²) in [6.45, 7) is 3.88. The highest BCUT2D eigenvalue weighted by atomic mass is 19.1. The van der Waals surface area contributed by atoms with Gasteiger partial charge in [0.2, 0.25) is 0 Å². The number of halogens is 2. The van der Waals surface area contributed by atoms with E-state index in [2.05, 4.69) is 17.3 Å². The van der Waals surface area contributed by atoms with Gasteiger partial charge in [0.1, 0.15) is 11.6 Å². The molecule has 0 amide bonds. The minimum Gasteiger partial charge on any atom is -0.307 e. The lowest BCUT2D eigenvalue weighted by atomic mass is 10.0. The molecule has 18 heavy (non-hydrogen) atoms. The zero-order valence-corrected chi connectivity index (χ0v) is 10.9. The summed E-state index contributed by atoms with van der Waals surface area (Å²) in [7, 11) is 2.09. The first-order valence-electron chi connectivity index (χ1n) is 6.46. The molecule has 1 atom stereocenters. The van der Waals surface area contributed by atoms with Crippen molar-refractivity contribution in [2.24, 2.45) is 0 Å². The second kappa shape index (κ2) is 5.76. The quantitative estimate of drug-likeness (QED) is 0.892. The van der Waals surface area contributed by atoms with E-state index >= 15 is 0 Å². The number of hydrogen-bond acceptors (Lipinski definition) is 2. The maximum Gasteiger partial charge on any atom is 0.130 e. The van der Waals surface area contributed by atoms with Gasteiger partial charge in [-0.25, -0.2) is 8.78 Å². The van der Waals surface area contributed by atoms with E-state index in [9.17, 15) is 8.78 Å². The van der Waals surface area contributed by atoms with Crippen molar-refractivity contribution in [2.75, 3.05) is 20.1 Å². The minimum absolute atomic E-state index is 0.149. The molecule has 2 rings (SSSR count). The van der Waals surface area contributed by atoms with Crippen LogP contribution < -0.4 is 5.32 Å².